The summed E-state index contributed by atoms with van der Waals surface area (Å²) in [6, 6.07) is 31.5. The molecule has 1 aliphatic heterocycles. The zero-order chi connectivity index (χ0) is 46.6. The van der Waals surface area contributed by atoms with E-state index in [9.17, 15) is 28.8 Å². The smallest absolute Gasteiger partial charge is 0.242 e. The molecule has 344 valence electrons. The number of nitrogens with one attached hydrogen (secondary N) is 5. The van der Waals surface area contributed by atoms with Crippen LogP contribution >= 0.6 is 0 Å². The normalized spacial score (nSPS) is 15.0. The summed E-state index contributed by atoms with van der Waals surface area (Å²) in [7, 11) is 1.43. The molecule has 0 aliphatic carbocycles. The van der Waals surface area contributed by atoms with Gasteiger partial charge in [0.1, 0.15) is 5.78 Å². The quantitative estimate of drug-likeness (QED) is 0.0297. The van der Waals surface area contributed by atoms with Crippen molar-refractivity contribution in [3.05, 3.63) is 138 Å². The zero-order valence-electron chi connectivity index (χ0n) is 37.4. The van der Waals surface area contributed by atoms with Crippen LogP contribution in [0.1, 0.15) is 73.1 Å². The highest BCUT2D eigenvalue weighted by molar-refractivity contribution is 5.95. The number of para-hydroxylation sites is 3. The Labute approximate surface area is 384 Å². The van der Waals surface area contributed by atoms with Crippen molar-refractivity contribution in [3.8, 4) is 0 Å². The lowest BCUT2D eigenvalue weighted by Gasteiger charge is -2.26. The average Bonchev–Trinajstić information content (AvgIpc) is 4.05. The molecule has 0 bridgehead atoms. The lowest BCUT2D eigenvalue weighted by molar-refractivity contribution is -0.144. The first-order valence-electron chi connectivity index (χ1n) is 22.8. The first-order chi connectivity index (χ1) is 32.0. The second-order valence-corrected chi connectivity index (χ2v) is 17.6. The third-order valence-electron chi connectivity index (χ3n) is 12.8. The summed E-state index contributed by atoms with van der Waals surface area (Å²) in [5.41, 5.74) is 20.5. The Hall–Kier alpha value is -7.06. The van der Waals surface area contributed by atoms with Crippen LogP contribution < -0.4 is 27.5 Å². The molecule has 0 spiro atoms. The summed E-state index contributed by atoms with van der Waals surface area (Å²) in [5.74, 6) is -5.15. The van der Waals surface area contributed by atoms with Gasteiger partial charge in [0, 0.05) is 91.0 Å². The molecule has 14 nitrogen and oxygen atoms in total. The minimum Gasteiger partial charge on any atom is -0.384 e. The predicted molar refractivity (Wildman–Crippen MR) is 256 cm³/mol. The van der Waals surface area contributed by atoms with Crippen molar-refractivity contribution in [2.75, 3.05) is 25.5 Å². The van der Waals surface area contributed by atoms with Crippen LogP contribution in [0.2, 0.25) is 0 Å². The third kappa shape index (κ3) is 12.0. The van der Waals surface area contributed by atoms with Crippen LogP contribution in [0.4, 0.5) is 5.69 Å². The number of aromatic amines is 2. The largest absolute Gasteiger partial charge is 0.384 e. The molecule has 2 aromatic heterocycles. The second-order valence-electron chi connectivity index (χ2n) is 17.6. The number of hydrogen-bond donors (Lipinski definition) is 7. The number of anilines is 1. The number of fused-ring (bicyclic) bond motifs is 3. The molecule has 1 aliphatic rings. The Morgan fingerprint density at radius 3 is 1.95 bits per heavy atom. The number of primary amides is 1. The van der Waals surface area contributed by atoms with Crippen LogP contribution in [0.25, 0.3) is 21.8 Å². The van der Waals surface area contributed by atoms with E-state index in [-0.39, 0.29) is 62.4 Å². The van der Waals surface area contributed by atoms with Gasteiger partial charge in [-0.1, -0.05) is 91.3 Å². The number of ketones is 2. The van der Waals surface area contributed by atoms with Gasteiger partial charge in [-0.15, -0.1) is 0 Å². The van der Waals surface area contributed by atoms with Crippen molar-refractivity contribution < 1.29 is 28.8 Å². The number of rotatable bonds is 23. The number of carbonyl (C=O) groups excluding carboxylic acids is 6. The molecule has 0 fully saturated rings. The Morgan fingerprint density at radius 2 is 1.30 bits per heavy atom. The van der Waals surface area contributed by atoms with Crippen LogP contribution in [0, 0.1) is 17.8 Å². The van der Waals surface area contributed by atoms with Crippen LogP contribution in [0.3, 0.4) is 0 Å². The van der Waals surface area contributed by atoms with E-state index in [1.807, 2.05) is 109 Å². The van der Waals surface area contributed by atoms with Gasteiger partial charge in [0.25, 0.3) is 0 Å². The molecule has 14 heteroatoms. The van der Waals surface area contributed by atoms with Crippen molar-refractivity contribution in [1.82, 2.24) is 25.7 Å². The van der Waals surface area contributed by atoms with E-state index in [1.54, 1.807) is 6.20 Å². The van der Waals surface area contributed by atoms with E-state index < -0.39 is 47.4 Å². The van der Waals surface area contributed by atoms with Gasteiger partial charge in [0.05, 0.1) is 17.9 Å². The minimum absolute atomic E-state index is 0.0246. The Kier molecular flexibility index (Phi) is 15.8. The molecular weight excluding hydrogens is 833 g/mol. The molecular formula is C52H60N8O6. The van der Waals surface area contributed by atoms with Crippen molar-refractivity contribution >= 4 is 62.7 Å². The Morgan fingerprint density at radius 1 is 0.697 bits per heavy atom. The predicted octanol–water partition coefficient (Wildman–Crippen LogP) is 6.02. The fraction of sp³-hybridized carbons (Fsp3) is 0.346. The van der Waals surface area contributed by atoms with Gasteiger partial charge in [0.2, 0.25) is 23.6 Å². The monoisotopic (exact) mass is 892 g/mol. The van der Waals surface area contributed by atoms with E-state index in [2.05, 4.69) is 26.0 Å². The van der Waals surface area contributed by atoms with Gasteiger partial charge in [-0.3, -0.25) is 39.2 Å². The number of hydrogen-bond acceptors (Lipinski definition) is 8. The highest BCUT2D eigenvalue weighted by Gasteiger charge is 2.33. The van der Waals surface area contributed by atoms with Gasteiger partial charge >= 0.3 is 0 Å². The van der Waals surface area contributed by atoms with Crippen LogP contribution in [0.15, 0.2) is 116 Å². The lowest BCUT2D eigenvalue weighted by atomic mass is 9.88. The molecule has 9 N–H and O–H groups in total. The summed E-state index contributed by atoms with van der Waals surface area (Å²) < 4.78 is 0. The highest BCUT2D eigenvalue weighted by atomic mass is 16.2. The maximum absolute atomic E-state index is 14.6. The van der Waals surface area contributed by atoms with Crippen LogP contribution in [-0.4, -0.2) is 76.4 Å². The van der Waals surface area contributed by atoms with E-state index in [1.165, 1.54) is 7.05 Å². The molecule has 5 atom stereocenters. The number of amides is 4. The number of H-pyrrole nitrogens is 2. The third-order valence-corrected chi connectivity index (χ3v) is 12.8. The summed E-state index contributed by atoms with van der Waals surface area (Å²) in [6.07, 6.45) is 5.61. The molecule has 0 radical (unpaired) electrons. The minimum atomic E-state index is -1.02. The summed E-state index contributed by atoms with van der Waals surface area (Å²) in [5, 5.41) is 9.24. The second kappa shape index (κ2) is 22.2. The number of hydrazine groups is 1. The number of aromatic nitrogens is 2. The fourth-order valence-corrected chi connectivity index (χ4v) is 9.14. The fourth-order valence-electron chi connectivity index (χ4n) is 9.14. The molecule has 3 heterocycles. The number of carbonyl (C=O) groups is 6. The van der Waals surface area contributed by atoms with E-state index in [4.69, 9.17) is 11.5 Å². The van der Waals surface area contributed by atoms with Gasteiger partial charge in [-0.05, 0) is 79.1 Å². The summed E-state index contributed by atoms with van der Waals surface area (Å²) in [6.45, 7) is 1.07. The number of unbranched alkanes of at least 4 members (excludes halogenated alkanes) is 1. The first-order valence-corrected chi connectivity index (χ1v) is 22.8. The van der Waals surface area contributed by atoms with Crippen LogP contribution in [0.5, 0.6) is 0 Å². The first kappa shape index (κ1) is 46.9. The number of nitrogens with zero attached hydrogens (tertiary/aromatic N) is 1. The van der Waals surface area contributed by atoms with E-state index in [0.29, 0.717) is 32.4 Å². The number of Topliss-reactive ketones (excluding diaryl/α,β-unsaturated/α-hetero) is 2. The molecule has 6 aromatic rings. The van der Waals surface area contributed by atoms with Crippen molar-refractivity contribution in [2.45, 2.75) is 76.2 Å². The topological polar surface area (TPSA) is 225 Å². The van der Waals surface area contributed by atoms with Gasteiger partial charge in [-0.2, -0.15) is 0 Å². The van der Waals surface area contributed by atoms with Crippen molar-refractivity contribution in [3.63, 3.8) is 0 Å². The maximum Gasteiger partial charge on any atom is 0.242 e. The maximum atomic E-state index is 14.6. The molecule has 7 rings (SSSR count). The van der Waals surface area contributed by atoms with Crippen LogP contribution in [-0.2, 0) is 48.0 Å². The molecule has 1 unspecified atom stereocenters. The summed E-state index contributed by atoms with van der Waals surface area (Å²) in [4.78, 5) is 90.0. The molecule has 0 saturated heterocycles. The summed E-state index contributed by atoms with van der Waals surface area (Å²) >= 11 is 0. The van der Waals surface area contributed by atoms with E-state index >= 15 is 0 Å². The SMILES string of the molecule is CN(NC(=O)[C@H](CC(=O)CC1CNc2ccccc21)Cc1c[nH]c2ccccc12)C(=O)C[C@@H](Cc1c[nH]c2ccccc12)C(=O)N[C@H](Cc1ccccc1)C(=O)C[C@@H](CCCCN)C(N)=O. The van der Waals surface area contributed by atoms with Gasteiger partial charge < -0.3 is 32.1 Å². The standard InChI is InChI=1S/C52H60N8O6/c1-60(59-52(66)35(24-37-30-55-44-19-8-5-16-41(37)44)26-40(61)27-39-32-57-46-21-10-7-18-43(39)46)49(63)29-36(25-38-31-56-45-20-9-6-17-42(38)45)51(65)58-47(23-33-13-3-2-4-14-33)48(62)28-34(50(54)64)15-11-12-22-53/h2-10,13-14,16-21,30-31,34-36,39,47,55-57H,11-12,15,22-29,32,53H2,1H3,(H2,54,64)(H,58,65)(H,59,66)/t34-,35+,36-,39?,47-/m1/s1. The lowest BCUT2D eigenvalue weighted by Crippen LogP contribution is -2.49. The average molecular weight is 893 g/mol. The van der Waals surface area contributed by atoms with Crippen molar-refractivity contribution in [1.29, 1.82) is 0 Å². The zero-order valence-corrected chi connectivity index (χ0v) is 37.4. The Bertz CT molecular complexity index is 2660. The molecule has 4 aromatic carbocycles. The van der Waals surface area contributed by atoms with E-state index in [0.717, 1.165) is 54.8 Å². The molecule has 66 heavy (non-hydrogen) atoms. The van der Waals surface area contributed by atoms with Gasteiger partial charge in [0.15, 0.2) is 5.78 Å². The molecule has 4 amide bonds. The molecule has 0 saturated carbocycles. The van der Waals surface area contributed by atoms with Gasteiger partial charge in [-0.25, -0.2) is 0 Å². The number of nitrogens with two attached hydrogens (primary N) is 2. The Balaban J connectivity index is 1.10. The highest BCUT2D eigenvalue weighted by Crippen LogP contribution is 2.34. The number of benzene rings is 4. The van der Waals surface area contributed by atoms with Crippen molar-refractivity contribution in [2.24, 2.45) is 29.2 Å².